The smallest absolute Gasteiger partial charge is 0.271 e. The second-order valence-electron chi connectivity index (χ2n) is 6.56. The monoisotopic (exact) mass is 453 g/mol. The first-order valence-electron chi connectivity index (χ1n) is 9.68. The van der Waals surface area contributed by atoms with Gasteiger partial charge in [-0.2, -0.15) is 5.10 Å². The van der Waals surface area contributed by atoms with Crippen molar-refractivity contribution in [2.45, 2.75) is 13.5 Å². The Morgan fingerprint density at radius 3 is 2.56 bits per heavy atom. The number of carbonyl (C=O) groups is 1. The Morgan fingerprint density at radius 1 is 1.09 bits per heavy atom. The summed E-state index contributed by atoms with van der Waals surface area (Å²) in [5.74, 6) is 0.627. The third-order valence-corrected chi connectivity index (χ3v) is 4.51. The summed E-state index contributed by atoms with van der Waals surface area (Å²) in [7, 11) is 0. The first-order valence-corrected chi connectivity index (χ1v) is 10.1. The number of carbonyl (C=O) groups excluding carboxylic acids is 1. The molecule has 9 heteroatoms. The predicted molar refractivity (Wildman–Crippen MR) is 122 cm³/mol. The molecule has 1 N–H and O–H groups in total. The number of hydrogen-bond acceptors (Lipinski definition) is 6. The van der Waals surface area contributed by atoms with Crippen molar-refractivity contribution < 1.29 is 19.2 Å². The zero-order chi connectivity index (χ0) is 22.9. The molecule has 0 spiro atoms. The van der Waals surface area contributed by atoms with Crippen LogP contribution in [0.15, 0.2) is 71.8 Å². The van der Waals surface area contributed by atoms with Gasteiger partial charge in [-0.15, -0.1) is 0 Å². The number of non-ortho nitro benzene ring substituents is 1. The maximum atomic E-state index is 12.1. The van der Waals surface area contributed by atoms with Crippen LogP contribution in [0.3, 0.4) is 0 Å². The highest BCUT2D eigenvalue weighted by Gasteiger charge is 2.09. The van der Waals surface area contributed by atoms with E-state index < -0.39 is 10.8 Å². The van der Waals surface area contributed by atoms with Crippen LogP contribution in [-0.4, -0.2) is 23.7 Å². The molecule has 8 nitrogen and oxygen atoms in total. The lowest BCUT2D eigenvalue weighted by Crippen LogP contribution is -2.17. The number of ether oxygens (including phenoxy) is 2. The summed E-state index contributed by atoms with van der Waals surface area (Å²) in [6, 6.07) is 17.9. The van der Waals surface area contributed by atoms with Crippen LogP contribution in [0, 0.1) is 10.1 Å². The van der Waals surface area contributed by atoms with Crippen LogP contribution >= 0.6 is 11.6 Å². The molecule has 3 aromatic rings. The van der Waals surface area contributed by atoms with E-state index in [1.54, 1.807) is 24.3 Å². The molecule has 0 aliphatic heterocycles. The molecule has 0 atom stereocenters. The Hall–Kier alpha value is -3.91. The first kappa shape index (κ1) is 22.8. The molecule has 1 amide bonds. The minimum Gasteiger partial charge on any atom is -0.490 e. The van der Waals surface area contributed by atoms with Gasteiger partial charge < -0.3 is 9.47 Å². The van der Waals surface area contributed by atoms with Gasteiger partial charge in [0, 0.05) is 22.7 Å². The maximum absolute atomic E-state index is 12.1. The highest BCUT2D eigenvalue weighted by molar-refractivity contribution is 6.30. The Bertz CT molecular complexity index is 1130. The zero-order valence-corrected chi connectivity index (χ0v) is 17.9. The van der Waals surface area contributed by atoms with Gasteiger partial charge >= 0.3 is 0 Å². The van der Waals surface area contributed by atoms with Crippen molar-refractivity contribution in [3.05, 3.63) is 98.6 Å². The zero-order valence-electron chi connectivity index (χ0n) is 17.2. The standard InChI is InChI=1S/C23H20ClN3O5/c1-2-31-22-13-16(6-11-21(22)32-15-17-4-3-5-19(24)12-17)14-25-26-23(28)18-7-9-20(10-8-18)27(29)30/h3-14H,2,15H2,1H3,(H,26,28)/b25-14-. The molecule has 0 radical (unpaired) electrons. The lowest BCUT2D eigenvalue weighted by atomic mass is 10.2. The number of benzene rings is 3. The summed E-state index contributed by atoms with van der Waals surface area (Å²) in [5, 5.41) is 15.3. The third kappa shape index (κ3) is 6.29. The lowest BCUT2D eigenvalue weighted by Gasteiger charge is -2.12. The summed E-state index contributed by atoms with van der Waals surface area (Å²) in [6.45, 7) is 2.65. The number of halogens is 1. The molecule has 3 aromatic carbocycles. The summed E-state index contributed by atoms with van der Waals surface area (Å²) < 4.78 is 11.5. The van der Waals surface area contributed by atoms with Crippen molar-refractivity contribution in [2.24, 2.45) is 5.10 Å². The minimum atomic E-state index is -0.530. The normalized spacial score (nSPS) is 10.7. The Morgan fingerprint density at radius 2 is 1.88 bits per heavy atom. The van der Waals surface area contributed by atoms with Gasteiger partial charge in [0.05, 0.1) is 17.7 Å². The quantitative estimate of drug-likeness (QED) is 0.279. The number of rotatable bonds is 9. The summed E-state index contributed by atoms with van der Waals surface area (Å²) in [4.78, 5) is 22.3. The first-order chi connectivity index (χ1) is 15.5. The van der Waals surface area contributed by atoms with E-state index in [0.29, 0.717) is 35.3 Å². The lowest BCUT2D eigenvalue weighted by molar-refractivity contribution is -0.384. The largest absolute Gasteiger partial charge is 0.490 e. The fourth-order valence-electron chi connectivity index (χ4n) is 2.74. The van der Waals surface area contributed by atoms with Crippen LogP contribution in [0.4, 0.5) is 5.69 Å². The van der Waals surface area contributed by atoms with Crippen molar-refractivity contribution in [1.82, 2.24) is 5.43 Å². The highest BCUT2D eigenvalue weighted by atomic mass is 35.5. The number of nitro groups is 1. The Kier molecular flexibility index (Phi) is 7.77. The molecule has 0 aliphatic rings. The third-order valence-electron chi connectivity index (χ3n) is 4.27. The number of nitrogens with zero attached hydrogens (tertiary/aromatic N) is 2. The molecule has 3 rings (SSSR count). The van der Waals surface area contributed by atoms with Gasteiger partial charge in [-0.1, -0.05) is 23.7 Å². The summed E-state index contributed by atoms with van der Waals surface area (Å²) >= 11 is 6.01. The van der Waals surface area contributed by atoms with Gasteiger partial charge in [-0.25, -0.2) is 5.43 Å². The number of nitro benzene ring substituents is 1. The van der Waals surface area contributed by atoms with E-state index in [-0.39, 0.29) is 11.3 Å². The average molecular weight is 454 g/mol. The van der Waals surface area contributed by atoms with Crippen LogP contribution in [0.5, 0.6) is 11.5 Å². The van der Waals surface area contributed by atoms with Gasteiger partial charge in [0.1, 0.15) is 6.61 Å². The van der Waals surface area contributed by atoms with Crippen LogP contribution in [0.25, 0.3) is 0 Å². The number of amides is 1. The van der Waals surface area contributed by atoms with E-state index in [1.165, 1.54) is 30.5 Å². The van der Waals surface area contributed by atoms with Crippen LogP contribution in [-0.2, 0) is 6.61 Å². The molecule has 0 unspecified atom stereocenters. The fourth-order valence-corrected chi connectivity index (χ4v) is 2.96. The molecular weight excluding hydrogens is 434 g/mol. The van der Waals surface area contributed by atoms with Gasteiger partial charge in [-0.05, 0) is 60.5 Å². The van der Waals surface area contributed by atoms with E-state index in [0.717, 1.165) is 5.56 Å². The van der Waals surface area contributed by atoms with Crippen molar-refractivity contribution in [2.75, 3.05) is 6.61 Å². The van der Waals surface area contributed by atoms with Crippen molar-refractivity contribution in [3.63, 3.8) is 0 Å². The van der Waals surface area contributed by atoms with Crippen molar-refractivity contribution in [3.8, 4) is 11.5 Å². The van der Waals surface area contributed by atoms with E-state index in [1.807, 2.05) is 25.1 Å². The second kappa shape index (κ2) is 10.9. The number of hydrazone groups is 1. The molecule has 0 fully saturated rings. The molecule has 0 heterocycles. The van der Waals surface area contributed by atoms with E-state index in [4.69, 9.17) is 21.1 Å². The Balaban J connectivity index is 1.64. The van der Waals surface area contributed by atoms with Crippen LogP contribution < -0.4 is 14.9 Å². The molecule has 164 valence electrons. The fraction of sp³-hybridized carbons (Fsp3) is 0.130. The van der Waals surface area contributed by atoms with Gasteiger partial charge in [0.2, 0.25) is 0 Å². The van der Waals surface area contributed by atoms with E-state index >= 15 is 0 Å². The highest BCUT2D eigenvalue weighted by Crippen LogP contribution is 2.29. The molecule has 32 heavy (non-hydrogen) atoms. The van der Waals surface area contributed by atoms with Crippen LogP contribution in [0.2, 0.25) is 5.02 Å². The number of nitrogens with one attached hydrogen (secondary N) is 1. The predicted octanol–water partition coefficient (Wildman–Crippen LogP) is 4.99. The summed E-state index contributed by atoms with van der Waals surface area (Å²) in [5.41, 5.74) is 4.17. The molecule has 0 saturated heterocycles. The molecular formula is C23H20ClN3O5. The Labute approximate surface area is 189 Å². The number of hydrogen-bond donors (Lipinski definition) is 1. The van der Waals surface area contributed by atoms with Gasteiger partial charge in [0.15, 0.2) is 11.5 Å². The second-order valence-corrected chi connectivity index (χ2v) is 7.00. The topological polar surface area (TPSA) is 103 Å². The minimum absolute atomic E-state index is 0.0915. The maximum Gasteiger partial charge on any atom is 0.271 e. The molecule has 0 aromatic heterocycles. The molecule has 0 bridgehead atoms. The van der Waals surface area contributed by atoms with Gasteiger partial charge in [0.25, 0.3) is 11.6 Å². The molecule has 0 aliphatic carbocycles. The molecule has 0 saturated carbocycles. The van der Waals surface area contributed by atoms with Gasteiger partial charge in [-0.3, -0.25) is 14.9 Å². The summed E-state index contributed by atoms with van der Waals surface area (Å²) in [6.07, 6.45) is 1.46. The van der Waals surface area contributed by atoms with Crippen LogP contribution in [0.1, 0.15) is 28.4 Å². The SMILES string of the molecule is CCOc1cc(/C=N\NC(=O)c2ccc([N+](=O)[O-])cc2)ccc1OCc1cccc(Cl)c1. The van der Waals surface area contributed by atoms with Crippen molar-refractivity contribution in [1.29, 1.82) is 0 Å². The van der Waals surface area contributed by atoms with Crippen molar-refractivity contribution >= 4 is 29.4 Å². The average Bonchev–Trinajstić information content (AvgIpc) is 2.79. The van der Waals surface area contributed by atoms with E-state index in [2.05, 4.69) is 10.5 Å². The van der Waals surface area contributed by atoms with E-state index in [9.17, 15) is 14.9 Å².